The summed E-state index contributed by atoms with van der Waals surface area (Å²) in [6.07, 6.45) is 11.4. The molecule has 0 unspecified atom stereocenters. The third kappa shape index (κ3) is 6.12. The van der Waals surface area contributed by atoms with E-state index in [9.17, 15) is 9.59 Å². The van der Waals surface area contributed by atoms with E-state index in [1.165, 1.54) is 27.6 Å². The molecule has 2 saturated carbocycles. The molecule has 6 aromatic heterocycles. The molecule has 4 aliphatic rings. The van der Waals surface area contributed by atoms with Gasteiger partial charge < -0.3 is 14.0 Å². The summed E-state index contributed by atoms with van der Waals surface area (Å²) in [6, 6.07) is 11.6. The van der Waals surface area contributed by atoms with E-state index in [0.717, 1.165) is 31.2 Å². The number of aromatic amines is 1. The molecular formula is C47H45F2N11O5. The third-order valence-electron chi connectivity index (χ3n) is 14.2. The Morgan fingerprint density at radius 2 is 1.78 bits per heavy atom. The molecule has 8 aromatic rings. The Hall–Kier alpha value is -6.95. The lowest BCUT2D eigenvalue weighted by atomic mass is 9.84. The van der Waals surface area contributed by atoms with Crippen LogP contribution >= 0.6 is 0 Å². The number of amides is 1. The largest absolute Gasteiger partial charge is 0.438 e. The molecule has 1 saturated heterocycles. The van der Waals surface area contributed by atoms with Crippen LogP contribution in [0.2, 0.25) is 0 Å². The topological polar surface area (TPSA) is 168 Å². The minimum Gasteiger partial charge on any atom is -0.376 e. The lowest BCUT2D eigenvalue weighted by Crippen LogP contribution is -2.40. The van der Waals surface area contributed by atoms with Crippen molar-refractivity contribution in [3.8, 4) is 17.2 Å². The Balaban J connectivity index is 0.994. The summed E-state index contributed by atoms with van der Waals surface area (Å²) >= 11 is 0. The molecule has 8 heterocycles. The fourth-order valence-electron chi connectivity index (χ4n) is 10.5. The van der Waals surface area contributed by atoms with E-state index < -0.39 is 28.7 Å². The molecule has 2 aliphatic heterocycles. The van der Waals surface area contributed by atoms with Crippen LogP contribution in [0.25, 0.3) is 33.7 Å². The van der Waals surface area contributed by atoms with E-state index in [1.807, 2.05) is 23.6 Å². The smallest absolute Gasteiger partial charge is 0.376 e. The average Bonchev–Trinajstić information content (AvgIpc) is 4.03. The Labute approximate surface area is 369 Å². The van der Waals surface area contributed by atoms with Gasteiger partial charge in [-0.3, -0.25) is 28.1 Å². The number of imidazole rings is 2. The number of benzene rings is 2. The lowest BCUT2D eigenvalue weighted by molar-refractivity contribution is -0.0593. The standard InChI is InChI=1S/C47H45F2N11O5/c1-25-37-33(53-60(29-7-8-32(48)30(22-29)26-5-6-26)41(37)59-19-18-57(45(59)63)35-10-9-34-31(38(35)49)24-50-55(34)4)12-17-56(25)42(61)39-40(47(14-15-47)43-52-44(62)65-54-43)58-16-11-27(21-36(58)51-39)28-13-20-64-46(2,3)23-28/h7-11,16,18-19,21-22,24-26,28H,5-6,12-15,17,20,23H2,1-4H3,(H,52,54,62)/t25-,28-/m0/s1. The van der Waals surface area contributed by atoms with Crippen molar-refractivity contribution in [1.82, 2.24) is 53.1 Å². The van der Waals surface area contributed by atoms with Gasteiger partial charge in [-0.05, 0) is 125 Å². The summed E-state index contributed by atoms with van der Waals surface area (Å²) in [4.78, 5) is 52.0. The van der Waals surface area contributed by atoms with Gasteiger partial charge in [-0.1, -0.05) is 5.16 Å². The number of aromatic nitrogens is 10. The van der Waals surface area contributed by atoms with Crippen molar-refractivity contribution < 1.29 is 22.8 Å². The van der Waals surface area contributed by atoms with E-state index in [2.05, 4.69) is 35.2 Å². The highest BCUT2D eigenvalue weighted by Crippen LogP contribution is 2.54. The second-order valence-corrected chi connectivity index (χ2v) is 18.7. The van der Waals surface area contributed by atoms with Gasteiger partial charge in [0, 0.05) is 50.8 Å². The number of ether oxygens (including phenoxy) is 1. The molecule has 2 aliphatic carbocycles. The SMILES string of the molecule is C[C@H]1c2c(nn(-c3ccc(F)c(C4CC4)c3)c2-n2ccn(-c3ccc4c(cnn4C)c3F)c2=O)CCN1C(=O)c1nc2cc([C@H]3CCOC(C)(C)C3)ccn2c1C1(c2noc(=O)[nH]2)CC1. The monoisotopic (exact) mass is 881 g/mol. The van der Waals surface area contributed by atoms with Gasteiger partial charge in [0.2, 0.25) is 0 Å². The van der Waals surface area contributed by atoms with Gasteiger partial charge in [0.25, 0.3) is 5.91 Å². The number of hydrogen-bond acceptors (Lipinski definition) is 9. The molecule has 2 atom stereocenters. The highest BCUT2D eigenvalue weighted by molar-refractivity contribution is 5.96. The summed E-state index contributed by atoms with van der Waals surface area (Å²) in [5.41, 5.74) is 3.86. The van der Waals surface area contributed by atoms with Crippen LogP contribution in [0.4, 0.5) is 8.78 Å². The molecule has 12 rings (SSSR count). The molecule has 18 heteroatoms. The van der Waals surface area contributed by atoms with Crippen molar-refractivity contribution in [3.05, 3.63) is 140 Å². The number of carbonyl (C=O) groups is 1. The number of carbonyl (C=O) groups excluding carboxylic acids is 1. The number of pyridine rings is 1. The summed E-state index contributed by atoms with van der Waals surface area (Å²) < 4.78 is 50.2. The highest BCUT2D eigenvalue weighted by Gasteiger charge is 2.54. The van der Waals surface area contributed by atoms with Crippen LogP contribution in [0.5, 0.6) is 0 Å². The van der Waals surface area contributed by atoms with Crippen molar-refractivity contribution >= 4 is 22.5 Å². The van der Waals surface area contributed by atoms with E-state index in [4.69, 9.17) is 19.3 Å². The van der Waals surface area contributed by atoms with Crippen LogP contribution < -0.4 is 11.4 Å². The quantitative estimate of drug-likeness (QED) is 0.175. The second kappa shape index (κ2) is 14.0. The average molecular weight is 882 g/mol. The predicted octanol–water partition coefficient (Wildman–Crippen LogP) is 6.69. The van der Waals surface area contributed by atoms with E-state index in [1.54, 1.807) is 51.8 Å². The maximum absolute atomic E-state index is 16.1. The first-order valence-electron chi connectivity index (χ1n) is 22.2. The fraction of sp³-hybridized carbons (Fsp3) is 0.383. The number of hydrogen-bond donors (Lipinski definition) is 1. The molecular weight excluding hydrogens is 837 g/mol. The van der Waals surface area contributed by atoms with Crippen molar-refractivity contribution in [2.24, 2.45) is 7.05 Å². The maximum Gasteiger partial charge on any atom is 0.438 e. The Morgan fingerprint density at radius 3 is 2.54 bits per heavy atom. The van der Waals surface area contributed by atoms with Gasteiger partial charge >= 0.3 is 11.4 Å². The van der Waals surface area contributed by atoms with Crippen molar-refractivity contribution in [2.45, 2.75) is 94.6 Å². The van der Waals surface area contributed by atoms with Gasteiger partial charge in [0.1, 0.15) is 17.3 Å². The Morgan fingerprint density at radius 1 is 0.969 bits per heavy atom. The van der Waals surface area contributed by atoms with Gasteiger partial charge in [-0.2, -0.15) is 10.2 Å². The number of nitrogens with zero attached hydrogens (tertiary/aromatic N) is 10. The number of H-pyrrole nitrogens is 1. The zero-order chi connectivity index (χ0) is 44.7. The number of nitrogens with one attached hydrogen (secondary N) is 1. The second-order valence-electron chi connectivity index (χ2n) is 18.7. The Bertz CT molecular complexity index is 3390. The minimum atomic E-state index is -0.828. The molecule has 65 heavy (non-hydrogen) atoms. The molecule has 0 spiro atoms. The van der Waals surface area contributed by atoms with Crippen LogP contribution in [0.1, 0.15) is 122 Å². The van der Waals surface area contributed by atoms with Gasteiger partial charge in [0.15, 0.2) is 17.3 Å². The Kier molecular flexibility index (Phi) is 8.55. The third-order valence-corrected chi connectivity index (χ3v) is 14.2. The van der Waals surface area contributed by atoms with E-state index >= 15 is 13.6 Å². The maximum atomic E-state index is 16.1. The lowest BCUT2D eigenvalue weighted by Gasteiger charge is -2.35. The first kappa shape index (κ1) is 39.6. The summed E-state index contributed by atoms with van der Waals surface area (Å²) in [5.74, 6) is -0.931. The predicted molar refractivity (Wildman–Crippen MR) is 232 cm³/mol. The number of halogens is 2. The van der Waals surface area contributed by atoms with Crippen LogP contribution in [0, 0.1) is 11.6 Å². The van der Waals surface area contributed by atoms with Crippen LogP contribution in [0.3, 0.4) is 0 Å². The number of fused-ring (bicyclic) bond motifs is 3. The normalized spacial score (nSPS) is 20.2. The first-order valence-corrected chi connectivity index (χ1v) is 22.2. The minimum absolute atomic E-state index is 0.0439. The first-order chi connectivity index (χ1) is 31.3. The zero-order valence-electron chi connectivity index (χ0n) is 36.2. The fourth-order valence-corrected chi connectivity index (χ4v) is 10.5. The van der Waals surface area contributed by atoms with E-state index in [-0.39, 0.29) is 52.5 Å². The molecule has 3 fully saturated rings. The zero-order valence-corrected chi connectivity index (χ0v) is 36.2. The van der Waals surface area contributed by atoms with Gasteiger partial charge in [-0.25, -0.2) is 28.0 Å². The molecule has 332 valence electrons. The van der Waals surface area contributed by atoms with Crippen molar-refractivity contribution in [3.63, 3.8) is 0 Å². The van der Waals surface area contributed by atoms with Crippen molar-refractivity contribution in [2.75, 3.05) is 13.2 Å². The summed E-state index contributed by atoms with van der Waals surface area (Å²) in [5, 5.41) is 13.7. The van der Waals surface area contributed by atoms with Gasteiger partial charge in [0.05, 0.1) is 56.9 Å². The molecule has 2 aromatic carbocycles. The van der Waals surface area contributed by atoms with Crippen LogP contribution in [-0.4, -0.2) is 77.8 Å². The summed E-state index contributed by atoms with van der Waals surface area (Å²) in [7, 11) is 1.72. The summed E-state index contributed by atoms with van der Waals surface area (Å²) in [6.45, 7) is 7.00. The molecule has 0 radical (unpaired) electrons. The number of rotatable bonds is 8. The molecule has 1 amide bonds. The molecule has 0 bridgehead atoms. The van der Waals surface area contributed by atoms with Gasteiger partial charge in [-0.15, -0.1) is 0 Å². The van der Waals surface area contributed by atoms with E-state index in [0.29, 0.717) is 76.9 Å². The van der Waals surface area contributed by atoms with Crippen LogP contribution in [0.15, 0.2) is 81.4 Å². The number of aryl methyl sites for hydroxylation is 1. The van der Waals surface area contributed by atoms with Crippen molar-refractivity contribution in [1.29, 1.82) is 0 Å². The highest BCUT2D eigenvalue weighted by atomic mass is 19.1. The molecule has 1 N–H and O–H groups in total. The molecule has 16 nitrogen and oxygen atoms in total. The van der Waals surface area contributed by atoms with Crippen LogP contribution in [-0.2, 0) is 23.6 Å².